The highest BCUT2D eigenvalue weighted by Crippen LogP contribution is 2.38. The monoisotopic (exact) mass is 397 g/mol. The van der Waals surface area contributed by atoms with Gasteiger partial charge in [-0.15, -0.1) is 0 Å². The number of fused-ring (bicyclic) bond motifs is 1. The first-order chi connectivity index (χ1) is 12.9. The fourth-order valence-electron chi connectivity index (χ4n) is 3.21. The molecule has 3 heterocycles. The smallest absolute Gasteiger partial charge is 0.164 e. The molecule has 0 saturated carbocycles. The van der Waals surface area contributed by atoms with Crippen LogP contribution in [0.5, 0.6) is 0 Å². The number of hydrogen-bond acceptors (Lipinski definition) is 6. The van der Waals surface area contributed by atoms with E-state index in [2.05, 4.69) is 9.97 Å². The molecule has 0 bridgehead atoms. The Morgan fingerprint density at radius 3 is 2.63 bits per heavy atom. The molecular formula is C17H14ClF2N3O4. The van der Waals surface area contributed by atoms with Gasteiger partial charge in [-0.05, 0) is 23.8 Å². The summed E-state index contributed by atoms with van der Waals surface area (Å²) in [5.41, 5.74) is 0.378. The average Bonchev–Trinajstić information content (AvgIpc) is 3.20. The van der Waals surface area contributed by atoms with Gasteiger partial charge in [0.25, 0.3) is 0 Å². The summed E-state index contributed by atoms with van der Waals surface area (Å²) in [4.78, 5) is 7.96. The van der Waals surface area contributed by atoms with Crippen molar-refractivity contribution in [2.24, 2.45) is 0 Å². The lowest BCUT2D eigenvalue weighted by Gasteiger charge is -2.21. The molecule has 0 aliphatic carbocycles. The molecule has 0 spiro atoms. The summed E-state index contributed by atoms with van der Waals surface area (Å²) in [6.07, 6.45) is -3.93. The van der Waals surface area contributed by atoms with Crippen molar-refractivity contribution in [2.45, 2.75) is 30.6 Å². The third-order valence-electron chi connectivity index (χ3n) is 4.61. The first kappa shape index (κ1) is 18.2. The first-order valence-electron chi connectivity index (χ1n) is 8.00. The van der Waals surface area contributed by atoms with Gasteiger partial charge in [-0.25, -0.2) is 18.7 Å². The number of ether oxygens (including phenoxy) is 1. The van der Waals surface area contributed by atoms with Crippen LogP contribution in [0.25, 0.3) is 11.0 Å². The summed E-state index contributed by atoms with van der Waals surface area (Å²) in [6, 6.07) is 4.48. The second kappa shape index (κ2) is 6.77. The van der Waals surface area contributed by atoms with E-state index in [1.165, 1.54) is 17.0 Å². The maximum absolute atomic E-state index is 13.4. The summed E-state index contributed by atoms with van der Waals surface area (Å²) in [5, 5.41) is 31.9. The van der Waals surface area contributed by atoms with Crippen molar-refractivity contribution in [3.8, 4) is 0 Å². The molecule has 10 heteroatoms. The summed E-state index contributed by atoms with van der Waals surface area (Å²) in [6.45, 7) is 0. The van der Waals surface area contributed by atoms with E-state index in [1.54, 1.807) is 12.3 Å². The largest absolute Gasteiger partial charge is 0.387 e. The molecule has 3 N–H and O–H groups in total. The molecular weight excluding hydrogens is 384 g/mol. The Balaban J connectivity index is 1.66. The van der Waals surface area contributed by atoms with Crippen LogP contribution in [0.4, 0.5) is 8.78 Å². The van der Waals surface area contributed by atoms with Crippen LogP contribution in [0.1, 0.15) is 17.9 Å². The second-order valence-electron chi connectivity index (χ2n) is 6.22. The van der Waals surface area contributed by atoms with E-state index in [1.807, 2.05) is 0 Å². The van der Waals surface area contributed by atoms with Gasteiger partial charge in [-0.2, -0.15) is 0 Å². The van der Waals surface area contributed by atoms with Crippen LogP contribution >= 0.6 is 11.6 Å². The second-order valence-corrected chi connectivity index (χ2v) is 6.57. The van der Waals surface area contributed by atoms with Gasteiger partial charge in [0, 0.05) is 6.20 Å². The molecule has 1 aromatic carbocycles. The first-order valence-corrected chi connectivity index (χ1v) is 8.38. The number of benzene rings is 1. The maximum Gasteiger partial charge on any atom is 0.164 e. The lowest BCUT2D eigenvalue weighted by Crippen LogP contribution is -2.34. The number of hydrogen-bond donors (Lipinski definition) is 3. The Hall–Kier alpha value is -2.17. The van der Waals surface area contributed by atoms with Gasteiger partial charge < -0.3 is 24.6 Å². The molecule has 27 heavy (non-hydrogen) atoms. The number of aliphatic hydroxyl groups excluding tert-OH is 3. The molecule has 7 nitrogen and oxygen atoms in total. The fraction of sp³-hybridized carbons (Fsp3) is 0.294. The Kier molecular flexibility index (Phi) is 4.57. The zero-order valence-corrected chi connectivity index (χ0v) is 14.3. The number of aliphatic hydroxyl groups is 3. The molecule has 1 fully saturated rings. The summed E-state index contributed by atoms with van der Waals surface area (Å²) < 4.78 is 33.7. The lowest BCUT2D eigenvalue weighted by molar-refractivity contribution is -0.0849. The van der Waals surface area contributed by atoms with Gasteiger partial charge in [0.2, 0.25) is 0 Å². The molecule has 1 aliphatic rings. The van der Waals surface area contributed by atoms with E-state index in [4.69, 9.17) is 16.3 Å². The predicted molar refractivity (Wildman–Crippen MR) is 89.8 cm³/mol. The zero-order valence-electron chi connectivity index (χ0n) is 13.6. The van der Waals surface area contributed by atoms with Gasteiger partial charge >= 0.3 is 0 Å². The van der Waals surface area contributed by atoms with Crippen molar-refractivity contribution in [1.29, 1.82) is 0 Å². The minimum Gasteiger partial charge on any atom is -0.387 e. The Morgan fingerprint density at radius 1 is 1.11 bits per heavy atom. The molecule has 1 aliphatic heterocycles. The summed E-state index contributed by atoms with van der Waals surface area (Å²) in [7, 11) is 0. The van der Waals surface area contributed by atoms with Crippen LogP contribution in [-0.2, 0) is 4.74 Å². The molecule has 0 amide bonds. The van der Waals surface area contributed by atoms with Crippen molar-refractivity contribution in [3.05, 3.63) is 59.1 Å². The number of halogens is 3. The van der Waals surface area contributed by atoms with Crippen LogP contribution in [0.2, 0.25) is 5.15 Å². The van der Waals surface area contributed by atoms with Crippen molar-refractivity contribution >= 4 is 22.6 Å². The van der Waals surface area contributed by atoms with E-state index >= 15 is 0 Å². The average molecular weight is 398 g/mol. The van der Waals surface area contributed by atoms with Gasteiger partial charge in [0.05, 0.1) is 5.39 Å². The maximum atomic E-state index is 13.4. The van der Waals surface area contributed by atoms with Gasteiger partial charge in [-0.3, -0.25) is 0 Å². The topological polar surface area (TPSA) is 101 Å². The minimum atomic E-state index is -1.49. The Bertz CT molecular complexity index is 1000. The molecule has 1 unspecified atom stereocenters. The molecule has 4 rings (SSSR count). The van der Waals surface area contributed by atoms with Gasteiger partial charge in [0.1, 0.15) is 41.5 Å². The van der Waals surface area contributed by atoms with Gasteiger partial charge in [-0.1, -0.05) is 17.7 Å². The summed E-state index contributed by atoms with van der Waals surface area (Å²) in [5.74, 6) is -2.20. The minimum absolute atomic E-state index is 0.00790. The predicted octanol–water partition coefficient (Wildman–Crippen LogP) is 1.72. The van der Waals surface area contributed by atoms with Crippen LogP contribution < -0.4 is 0 Å². The van der Waals surface area contributed by atoms with Gasteiger partial charge in [0.15, 0.2) is 17.9 Å². The van der Waals surface area contributed by atoms with Crippen molar-refractivity contribution in [1.82, 2.24) is 14.5 Å². The number of nitrogens with zero attached hydrogens (tertiary/aromatic N) is 3. The van der Waals surface area contributed by atoms with E-state index < -0.39 is 42.3 Å². The molecule has 142 valence electrons. The Labute approximate surface area is 156 Å². The lowest BCUT2D eigenvalue weighted by atomic mass is 9.99. The molecule has 2 aromatic heterocycles. The van der Waals surface area contributed by atoms with E-state index in [0.717, 1.165) is 12.1 Å². The number of aromatic nitrogens is 3. The normalized spacial score (nSPS) is 26.6. The van der Waals surface area contributed by atoms with E-state index in [-0.39, 0.29) is 10.7 Å². The third-order valence-corrected chi connectivity index (χ3v) is 4.91. The van der Waals surface area contributed by atoms with Crippen LogP contribution in [-0.4, -0.2) is 48.2 Å². The van der Waals surface area contributed by atoms with Crippen molar-refractivity contribution < 1.29 is 28.8 Å². The highest BCUT2D eigenvalue weighted by atomic mass is 35.5. The third kappa shape index (κ3) is 2.97. The molecule has 3 aromatic rings. The van der Waals surface area contributed by atoms with Crippen LogP contribution in [0.15, 0.2) is 36.8 Å². The molecule has 0 radical (unpaired) electrons. The fourth-order valence-corrected chi connectivity index (χ4v) is 3.40. The molecule has 1 saturated heterocycles. The zero-order chi connectivity index (χ0) is 19.3. The SMILES string of the molecule is OC(c1ccc(F)c(F)c1)[C@H]1O[C@@H](n2ccc3c(Cl)ncnc32)[C@H](O)[C@@H]1O. The quantitative estimate of drug-likeness (QED) is 0.582. The van der Waals surface area contributed by atoms with E-state index in [9.17, 15) is 24.1 Å². The highest BCUT2D eigenvalue weighted by molar-refractivity contribution is 6.33. The van der Waals surface area contributed by atoms with Crippen molar-refractivity contribution in [2.75, 3.05) is 0 Å². The van der Waals surface area contributed by atoms with E-state index in [0.29, 0.717) is 11.0 Å². The number of rotatable bonds is 3. The van der Waals surface area contributed by atoms with Crippen LogP contribution in [0.3, 0.4) is 0 Å². The molecule has 5 atom stereocenters. The van der Waals surface area contributed by atoms with Crippen LogP contribution in [0, 0.1) is 11.6 Å². The Morgan fingerprint density at radius 2 is 1.89 bits per heavy atom. The van der Waals surface area contributed by atoms with Crippen molar-refractivity contribution in [3.63, 3.8) is 0 Å². The summed E-state index contributed by atoms with van der Waals surface area (Å²) >= 11 is 6.01. The highest BCUT2D eigenvalue weighted by Gasteiger charge is 2.47. The standard InChI is InChI=1S/C17H14ClF2N3O4/c18-15-8-3-4-23(16(8)22-6-21-15)17-13(26)12(25)14(27-17)11(24)7-1-2-9(19)10(20)5-7/h1-6,11-14,17,24-26H/t11?,12-,13+,14+,17+/m0/s1.